The minimum Gasteiger partial charge on any atom is -0.327 e. The average Bonchev–Trinajstić information content (AvgIpc) is 2.67. The molecule has 102 valence electrons. The van der Waals surface area contributed by atoms with Crippen molar-refractivity contribution in [2.45, 2.75) is 12.7 Å². The van der Waals surface area contributed by atoms with Crippen molar-refractivity contribution in [1.29, 1.82) is 0 Å². The Hall–Kier alpha value is -1.54. The normalized spacial score (nSPS) is 11.8. The number of hydrogen-bond acceptors (Lipinski definition) is 2. The molecule has 0 saturated carbocycles. The van der Waals surface area contributed by atoms with Gasteiger partial charge in [-0.3, -0.25) is 10.2 Å². The van der Waals surface area contributed by atoms with E-state index < -0.39 is 18.6 Å². The highest BCUT2D eigenvalue weighted by Gasteiger charge is 2.31. The predicted octanol–water partition coefficient (Wildman–Crippen LogP) is 2.57. The Morgan fingerprint density at radius 1 is 1.42 bits per heavy atom. The fraction of sp³-hybridized carbons (Fsp3) is 0.182. The first-order valence-corrected chi connectivity index (χ1v) is 5.98. The van der Waals surface area contributed by atoms with E-state index in [1.165, 1.54) is 12.1 Å². The van der Waals surface area contributed by atoms with Crippen molar-refractivity contribution in [3.8, 4) is 0 Å². The number of nitrogen functional groups attached to an aromatic ring is 1. The van der Waals surface area contributed by atoms with Gasteiger partial charge in [-0.05, 0) is 18.2 Å². The second-order valence-corrected chi connectivity index (χ2v) is 4.73. The van der Waals surface area contributed by atoms with Gasteiger partial charge in [0.15, 0.2) is 0 Å². The molecule has 8 heteroatoms. The summed E-state index contributed by atoms with van der Waals surface area (Å²) in [5.41, 5.74) is 2.02. The molecule has 1 amide bonds. The van der Waals surface area contributed by atoms with E-state index in [-0.39, 0.29) is 5.69 Å². The van der Waals surface area contributed by atoms with E-state index in [1.807, 2.05) is 5.43 Å². The molecule has 0 unspecified atom stereocenters. The third-order valence-corrected chi connectivity index (χ3v) is 3.29. The third kappa shape index (κ3) is 2.74. The van der Waals surface area contributed by atoms with Crippen LogP contribution < -0.4 is 11.3 Å². The second-order valence-electron chi connectivity index (χ2n) is 3.88. The number of alkyl halides is 3. The fourth-order valence-corrected chi connectivity index (χ4v) is 2.33. The molecular formula is C11H9BrF3N3O. The molecule has 3 N–H and O–H groups in total. The lowest BCUT2D eigenvalue weighted by Gasteiger charge is -2.12. The van der Waals surface area contributed by atoms with Crippen molar-refractivity contribution in [3.05, 3.63) is 34.4 Å². The van der Waals surface area contributed by atoms with Gasteiger partial charge in [0.25, 0.3) is 5.91 Å². The maximum Gasteiger partial charge on any atom is 0.406 e. The van der Waals surface area contributed by atoms with Gasteiger partial charge in [-0.2, -0.15) is 13.2 Å². The second kappa shape index (κ2) is 4.86. The summed E-state index contributed by atoms with van der Waals surface area (Å²) in [6.07, 6.45) is -4.43. The third-order valence-electron chi connectivity index (χ3n) is 2.59. The Kier molecular flexibility index (Phi) is 3.55. The van der Waals surface area contributed by atoms with Gasteiger partial charge in [0.05, 0.1) is 5.52 Å². The number of halogens is 4. The van der Waals surface area contributed by atoms with Gasteiger partial charge in [-0.15, -0.1) is 0 Å². The van der Waals surface area contributed by atoms with Crippen molar-refractivity contribution in [2.75, 3.05) is 0 Å². The van der Waals surface area contributed by atoms with E-state index in [0.717, 1.165) is 4.57 Å². The summed E-state index contributed by atoms with van der Waals surface area (Å²) in [5, 5.41) is 0.519. The van der Waals surface area contributed by atoms with Crippen LogP contribution in [0.2, 0.25) is 0 Å². The van der Waals surface area contributed by atoms with Crippen LogP contribution in [0.5, 0.6) is 0 Å². The molecule has 0 radical (unpaired) electrons. The summed E-state index contributed by atoms with van der Waals surface area (Å²) in [5.74, 6) is 4.22. The number of fused-ring (bicyclic) bond motifs is 1. The molecule has 1 aromatic heterocycles. The highest BCUT2D eigenvalue weighted by atomic mass is 79.9. The number of rotatable bonds is 2. The SMILES string of the molecule is NNC(=O)c1cc2c(Br)cccc2n1CC(F)(F)F. The standard InChI is InChI=1S/C11H9BrF3N3O/c12-7-2-1-3-8-6(7)4-9(10(19)17-16)18(8)5-11(13,14)15/h1-4H,5,16H2,(H,17,19). The minimum absolute atomic E-state index is 0.137. The van der Waals surface area contributed by atoms with Crippen molar-refractivity contribution < 1.29 is 18.0 Å². The Bertz CT molecular complexity index is 636. The first-order valence-electron chi connectivity index (χ1n) is 5.19. The van der Waals surface area contributed by atoms with E-state index >= 15 is 0 Å². The topological polar surface area (TPSA) is 60.0 Å². The van der Waals surface area contributed by atoms with Gasteiger partial charge in [-0.25, -0.2) is 5.84 Å². The number of nitrogens with one attached hydrogen (secondary N) is 1. The zero-order chi connectivity index (χ0) is 14.2. The lowest BCUT2D eigenvalue weighted by atomic mass is 10.2. The molecule has 0 aliphatic rings. The zero-order valence-electron chi connectivity index (χ0n) is 9.46. The molecule has 1 heterocycles. The van der Waals surface area contributed by atoms with Crippen LogP contribution in [0.1, 0.15) is 10.5 Å². The summed E-state index contributed by atoms with van der Waals surface area (Å²) in [7, 11) is 0. The molecule has 19 heavy (non-hydrogen) atoms. The Morgan fingerprint density at radius 3 is 2.68 bits per heavy atom. The highest BCUT2D eigenvalue weighted by molar-refractivity contribution is 9.10. The van der Waals surface area contributed by atoms with E-state index in [9.17, 15) is 18.0 Å². The smallest absolute Gasteiger partial charge is 0.327 e. The monoisotopic (exact) mass is 335 g/mol. The van der Waals surface area contributed by atoms with Gasteiger partial charge in [0.2, 0.25) is 0 Å². The van der Waals surface area contributed by atoms with Gasteiger partial charge in [0, 0.05) is 9.86 Å². The number of hydrogen-bond donors (Lipinski definition) is 2. The molecule has 0 bridgehead atoms. The van der Waals surface area contributed by atoms with E-state index in [2.05, 4.69) is 15.9 Å². The summed E-state index contributed by atoms with van der Waals surface area (Å²) in [4.78, 5) is 11.6. The van der Waals surface area contributed by atoms with Crippen LogP contribution in [0.4, 0.5) is 13.2 Å². The largest absolute Gasteiger partial charge is 0.406 e. The quantitative estimate of drug-likeness (QED) is 0.503. The molecule has 1 aromatic carbocycles. The Morgan fingerprint density at radius 2 is 2.11 bits per heavy atom. The average molecular weight is 336 g/mol. The van der Waals surface area contributed by atoms with Crippen molar-refractivity contribution >= 4 is 32.7 Å². The maximum atomic E-state index is 12.6. The van der Waals surface area contributed by atoms with E-state index in [0.29, 0.717) is 15.4 Å². The molecule has 0 atom stereocenters. The molecule has 0 aliphatic carbocycles. The summed E-state index contributed by atoms with van der Waals surface area (Å²) in [6.45, 7) is -1.25. The van der Waals surface area contributed by atoms with Crippen LogP contribution >= 0.6 is 15.9 Å². The number of nitrogens with two attached hydrogens (primary N) is 1. The van der Waals surface area contributed by atoms with Crippen LogP contribution in [0, 0.1) is 0 Å². The Labute approximate surface area is 114 Å². The molecule has 2 rings (SSSR count). The van der Waals surface area contributed by atoms with Crippen LogP contribution in [-0.2, 0) is 6.54 Å². The number of amides is 1. The van der Waals surface area contributed by atoms with E-state index in [4.69, 9.17) is 5.84 Å². The van der Waals surface area contributed by atoms with Crippen LogP contribution in [0.3, 0.4) is 0 Å². The number of hydrazine groups is 1. The van der Waals surface area contributed by atoms with Crippen LogP contribution in [-0.4, -0.2) is 16.7 Å². The number of nitrogens with zero attached hydrogens (tertiary/aromatic N) is 1. The molecular weight excluding hydrogens is 327 g/mol. The highest BCUT2D eigenvalue weighted by Crippen LogP contribution is 2.30. The lowest BCUT2D eigenvalue weighted by Crippen LogP contribution is -2.33. The summed E-state index contributed by atoms with van der Waals surface area (Å²) >= 11 is 3.24. The molecule has 0 fully saturated rings. The van der Waals surface area contributed by atoms with Crippen LogP contribution in [0.15, 0.2) is 28.7 Å². The number of aromatic nitrogens is 1. The van der Waals surface area contributed by atoms with Crippen molar-refractivity contribution in [1.82, 2.24) is 9.99 Å². The molecule has 0 spiro atoms. The zero-order valence-corrected chi connectivity index (χ0v) is 11.0. The minimum atomic E-state index is -4.43. The summed E-state index contributed by atoms with van der Waals surface area (Å²) < 4.78 is 39.3. The van der Waals surface area contributed by atoms with Gasteiger partial charge < -0.3 is 4.57 Å². The van der Waals surface area contributed by atoms with E-state index in [1.54, 1.807) is 12.1 Å². The predicted molar refractivity (Wildman–Crippen MR) is 67.3 cm³/mol. The fourth-order valence-electron chi connectivity index (χ4n) is 1.86. The maximum absolute atomic E-state index is 12.6. The molecule has 4 nitrogen and oxygen atoms in total. The van der Waals surface area contributed by atoms with Gasteiger partial charge in [0.1, 0.15) is 12.2 Å². The molecule has 0 aliphatic heterocycles. The van der Waals surface area contributed by atoms with Crippen molar-refractivity contribution in [2.24, 2.45) is 5.84 Å². The number of carbonyl (C=O) groups excluding carboxylic acids is 1. The summed E-state index contributed by atoms with van der Waals surface area (Å²) in [6, 6.07) is 6.17. The first-order chi connectivity index (χ1) is 8.83. The van der Waals surface area contributed by atoms with Crippen molar-refractivity contribution in [3.63, 3.8) is 0 Å². The van der Waals surface area contributed by atoms with Gasteiger partial charge >= 0.3 is 6.18 Å². The number of carbonyl (C=O) groups is 1. The molecule has 2 aromatic rings. The Balaban J connectivity index is 2.69. The first kappa shape index (κ1) is 13.9. The number of benzene rings is 1. The molecule has 0 saturated heterocycles. The van der Waals surface area contributed by atoms with Crippen LogP contribution in [0.25, 0.3) is 10.9 Å². The van der Waals surface area contributed by atoms with Gasteiger partial charge in [-0.1, -0.05) is 22.0 Å². The lowest BCUT2D eigenvalue weighted by molar-refractivity contribution is -0.140.